The summed E-state index contributed by atoms with van der Waals surface area (Å²) < 4.78 is 0. The van der Waals surface area contributed by atoms with Gasteiger partial charge in [0.2, 0.25) is 5.91 Å². The second kappa shape index (κ2) is 6.57. The Kier molecular flexibility index (Phi) is 5.05. The summed E-state index contributed by atoms with van der Waals surface area (Å²) in [6.07, 6.45) is 0.981. The van der Waals surface area contributed by atoms with Gasteiger partial charge in [0.15, 0.2) is 0 Å². The van der Waals surface area contributed by atoms with Crippen LogP contribution in [0.4, 0.5) is 0 Å². The normalized spacial score (nSPS) is 18.8. The van der Waals surface area contributed by atoms with Crippen molar-refractivity contribution in [2.45, 2.75) is 12.5 Å². The van der Waals surface area contributed by atoms with Gasteiger partial charge >= 0.3 is 0 Å². The van der Waals surface area contributed by atoms with Gasteiger partial charge in [0, 0.05) is 29.7 Å². The van der Waals surface area contributed by atoms with Crippen molar-refractivity contribution in [3.05, 3.63) is 33.8 Å². The molecule has 0 aromatic heterocycles. The molecule has 1 aliphatic heterocycles. The van der Waals surface area contributed by atoms with Crippen LogP contribution < -0.4 is 11.1 Å². The molecule has 1 aromatic rings. The van der Waals surface area contributed by atoms with Crippen molar-refractivity contribution in [1.82, 2.24) is 10.2 Å². The van der Waals surface area contributed by atoms with Gasteiger partial charge in [-0.1, -0.05) is 29.3 Å². The molecule has 0 saturated carbocycles. The maximum Gasteiger partial charge on any atom is 0.239 e. The smallest absolute Gasteiger partial charge is 0.239 e. The summed E-state index contributed by atoms with van der Waals surface area (Å²) in [5.74, 6) is -0.383. The van der Waals surface area contributed by atoms with Crippen LogP contribution in [0.15, 0.2) is 18.2 Å². The molecule has 0 radical (unpaired) electrons. The van der Waals surface area contributed by atoms with Gasteiger partial charge < -0.3 is 11.1 Å². The number of nitrogens with two attached hydrogens (primary N) is 1. The third-order valence-corrected chi connectivity index (χ3v) is 3.83. The molecule has 0 bridgehead atoms. The monoisotopic (exact) mass is 301 g/mol. The minimum absolute atomic E-state index is 0.383. The number of carbonyl (C=O) groups excluding carboxylic acids is 1. The lowest BCUT2D eigenvalue weighted by Gasteiger charge is -2.28. The summed E-state index contributed by atoms with van der Waals surface area (Å²) in [6, 6.07) is 4.65. The zero-order valence-corrected chi connectivity index (χ0v) is 12.0. The van der Waals surface area contributed by atoms with Crippen LogP contribution >= 0.6 is 23.2 Å². The van der Waals surface area contributed by atoms with Crippen LogP contribution in [-0.2, 0) is 4.79 Å². The summed E-state index contributed by atoms with van der Waals surface area (Å²) in [5.41, 5.74) is 6.29. The number of hydrogen-bond acceptors (Lipinski definition) is 3. The summed E-state index contributed by atoms with van der Waals surface area (Å²) in [4.78, 5) is 13.9. The van der Waals surface area contributed by atoms with Crippen molar-refractivity contribution >= 4 is 29.1 Å². The summed E-state index contributed by atoms with van der Waals surface area (Å²) in [6.45, 7) is 3.39. The molecular weight excluding hydrogens is 285 g/mol. The van der Waals surface area contributed by atoms with Gasteiger partial charge in [-0.3, -0.25) is 9.69 Å². The molecule has 0 spiro atoms. The SMILES string of the molecule is NC(=O)C(c1ccc(Cl)cc1Cl)N1CCCNCC1. The fraction of sp³-hybridized carbons (Fsp3) is 0.462. The van der Waals surface area contributed by atoms with Crippen LogP contribution in [0.5, 0.6) is 0 Å². The molecule has 1 fully saturated rings. The second-order valence-corrected chi connectivity index (χ2v) is 5.45. The van der Waals surface area contributed by atoms with Crippen LogP contribution in [-0.4, -0.2) is 37.0 Å². The average molecular weight is 302 g/mol. The first kappa shape index (κ1) is 14.6. The molecule has 1 heterocycles. The van der Waals surface area contributed by atoms with Crippen molar-refractivity contribution in [2.24, 2.45) is 5.73 Å². The number of benzene rings is 1. The zero-order valence-electron chi connectivity index (χ0n) is 10.5. The van der Waals surface area contributed by atoms with Crippen molar-refractivity contribution in [3.8, 4) is 0 Å². The van der Waals surface area contributed by atoms with Crippen LogP contribution in [0.25, 0.3) is 0 Å². The Morgan fingerprint density at radius 1 is 1.32 bits per heavy atom. The van der Waals surface area contributed by atoms with Crippen molar-refractivity contribution in [1.29, 1.82) is 0 Å². The first-order valence-corrected chi connectivity index (χ1v) is 7.04. The molecule has 1 unspecified atom stereocenters. The summed E-state index contributed by atoms with van der Waals surface area (Å²) in [5, 5.41) is 4.33. The fourth-order valence-corrected chi connectivity index (χ4v) is 2.89. The van der Waals surface area contributed by atoms with Crippen LogP contribution in [0.2, 0.25) is 10.0 Å². The van der Waals surface area contributed by atoms with E-state index in [1.54, 1.807) is 18.2 Å². The highest BCUT2D eigenvalue weighted by Gasteiger charge is 2.28. The lowest BCUT2D eigenvalue weighted by atomic mass is 10.0. The highest BCUT2D eigenvalue weighted by atomic mass is 35.5. The molecule has 6 heteroatoms. The maximum absolute atomic E-state index is 11.8. The topological polar surface area (TPSA) is 58.4 Å². The van der Waals surface area contributed by atoms with Gasteiger partial charge in [-0.05, 0) is 30.7 Å². The van der Waals surface area contributed by atoms with E-state index in [-0.39, 0.29) is 5.91 Å². The van der Waals surface area contributed by atoms with E-state index in [2.05, 4.69) is 10.2 Å². The standard InChI is InChI=1S/C13H17Cl2N3O/c14-9-2-3-10(11(15)8-9)12(13(16)19)18-6-1-4-17-5-7-18/h2-3,8,12,17H,1,4-7H2,(H2,16,19). The molecule has 19 heavy (non-hydrogen) atoms. The Balaban J connectivity index is 2.30. The Morgan fingerprint density at radius 3 is 2.79 bits per heavy atom. The van der Waals surface area contributed by atoms with E-state index in [9.17, 15) is 4.79 Å². The third kappa shape index (κ3) is 3.60. The maximum atomic E-state index is 11.8. The molecule has 4 nitrogen and oxygen atoms in total. The van der Waals surface area contributed by atoms with Crippen molar-refractivity contribution in [3.63, 3.8) is 0 Å². The number of hydrogen-bond donors (Lipinski definition) is 2. The number of nitrogens with zero attached hydrogens (tertiary/aromatic N) is 1. The minimum Gasteiger partial charge on any atom is -0.368 e. The minimum atomic E-state index is -0.496. The molecule has 104 valence electrons. The lowest BCUT2D eigenvalue weighted by Crippen LogP contribution is -2.39. The van der Waals surface area contributed by atoms with E-state index >= 15 is 0 Å². The van der Waals surface area contributed by atoms with Gasteiger partial charge in [-0.2, -0.15) is 0 Å². The molecule has 0 aliphatic carbocycles. The van der Waals surface area contributed by atoms with E-state index in [1.807, 2.05) is 0 Å². The summed E-state index contributed by atoms with van der Waals surface area (Å²) in [7, 11) is 0. The Morgan fingerprint density at radius 2 is 2.11 bits per heavy atom. The predicted molar refractivity (Wildman–Crippen MR) is 77.5 cm³/mol. The fourth-order valence-electron chi connectivity index (χ4n) is 2.38. The molecule has 1 aromatic carbocycles. The van der Waals surface area contributed by atoms with E-state index in [0.29, 0.717) is 10.0 Å². The molecule has 1 atom stereocenters. The van der Waals surface area contributed by atoms with Gasteiger partial charge in [0.1, 0.15) is 6.04 Å². The first-order chi connectivity index (χ1) is 9.09. The quantitative estimate of drug-likeness (QED) is 0.895. The zero-order chi connectivity index (χ0) is 13.8. The van der Waals surface area contributed by atoms with E-state index in [0.717, 1.165) is 38.2 Å². The highest BCUT2D eigenvalue weighted by molar-refractivity contribution is 6.35. The number of rotatable bonds is 3. The number of halogens is 2. The molecule has 2 rings (SSSR count). The summed E-state index contributed by atoms with van der Waals surface area (Å²) >= 11 is 12.1. The van der Waals surface area contributed by atoms with Gasteiger partial charge in [-0.25, -0.2) is 0 Å². The van der Waals surface area contributed by atoms with E-state index < -0.39 is 6.04 Å². The van der Waals surface area contributed by atoms with Gasteiger partial charge in [-0.15, -0.1) is 0 Å². The van der Waals surface area contributed by atoms with Crippen LogP contribution in [0.3, 0.4) is 0 Å². The Bertz CT molecular complexity index is 459. The Hall–Kier alpha value is -0.810. The third-order valence-electron chi connectivity index (χ3n) is 3.27. The lowest BCUT2D eigenvalue weighted by molar-refractivity contribution is -0.123. The van der Waals surface area contributed by atoms with Crippen LogP contribution in [0, 0.1) is 0 Å². The van der Waals surface area contributed by atoms with Gasteiger partial charge in [0.05, 0.1) is 0 Å². The Labute approximate surface area is 122 Å². The molecule has 1 amide bonds. The molecule has 1 aliphatic rings. The molecule has 3 N–H and O–H groups in total. The predicted octanol–water partition coefficient (Wildman–Crippen LogP) is 1.82. The van der Waals surface area contributed by atoms with Gasteiger partial charge in [0.25, 0.3) is 0 Å². The average Bonchev–Trinajstić information content (AvgIpc) is 2.61. The number of amides is 1. The van der Waals surface area contributed by atoms with Crippen molar-refractivity contribution in [2.75, 3.05) is 26.2 Å². The molecular formula is C13H17Cl2N3O. The number of primary amides is 1. The number of nitrogens with one attached hydrogen (secondary N) is 1. The first-order valence-electron chi connectivity index (χ1n) is 6.28. The second-order valence-electron chi connectivity index (χ2n) is 4.61. The van der Waals surface area contributed by atoms with E-state index in [1.165, 1.54) is 0 Å². The van der Waals surface area contributed by atoms with Crippen molar-refractivity contribution < 1.29 is 4.79 Å². The highest BCUT2D eigenvalue weighted by Crippen LogP contribution is 2.30. The van der Waals surface area contributed by atoms with Crippen LogP contribution in [0.1, 0.15) is 18.0 Å². The van der Waals surface area contributed by atoms with E-state index in [4.69, 9.17) is 28.9 Å². The number of carbonyl (C=O) groups is 1. The molecule has 1 saturated heterocycles. The largest absolute Gasteiger partial charge is 0.368 e.